The lowest BCUT2D eigenvalue weighted by Gasteiger charge is -2.26. The molecule has 30 heavy (non-hydrogen) atoms. The van der Waals surface area contributed by atoms with Gasteiger partial charge in [0.15, 0.2) is 0 Å². The Morgan fingerprint density at radius 3 is 2.47 bits per heavy atom. The van der Waals surface area contributed by atoms with Crippen LogP contribution in [0.5, 0.6) is 0 Å². The molecule has 0 atom stereocenters. The van der Waals surface area contributed by atoms with Crippen molar-refractivity contribution in [2.24, 2.45) is 0 Å². The van der Waals surface area contributed by atoms with Crippen molar-refractivity contribution >= 4 is 21.6 Å². The van der Waals surface area contributed by atoms with E-state index in [1.165, 1.54) is 10.4 Å². The Labute approximate surface area is 178 Å². The Hall–Kier alpha value is -2.26. The van der Waals surface area contributed by atoms with Gasteiger partial charge < -0.3 is 10.1 Å². The number of nitrogens with one attached hydrogen (secondary N) is 1. The third kappa shape index (κ3) is 5.26. The van der Waals surface area contributed by atoms with Crippen LogP contribution < -0.4 is 5.32 Å². The van der Waals surface area contributed by atoms with Crippen LogP contribution >= 0.6 is 0 Å². The van der Waals surface area contributed by atoms with Gasteiger partial charge in [-0.15, -0.1) is 0 Å². The van der Waals surface area contributed by atoms with Crippen LogP contribution in [-0.2, 0) is 21.3 Å². The molecule has 1 aliphatic rings. The van der Waals surface area contributed by atoms with Crippen LogP contribution in [0.1, 0.15) is 29.8 Å². The molecule has 0 bridgehead atoms. The molecule has 0 saturated carbocycles. The largest absolute Gasteiger partial charge is 0.379 e. The molecule has 8 heteroatoms. The predicted molar refractivity (Wildman–Crippen MR) is 117 cm³/mol. The molecule has 2 aromatic rings. The summed E-state index contributed by atoms with van der Waals surface area (Å²) in [7, 11) is -3.78. The van der Waals surface area contributed by atoms with Gasteiger partial charge in [-0.25, -0.2) is 8.42 Å². The van der Waals surface area contributed by atoms with E-state index in [-0.39, 0.29) is 23.5 Å². The maximum absolute atomic E-state index is 13.1. The minimum absolute atomic E-state index is 0.0173. The summed E-state index contributed by atoms with van der Waals surface area (Å²) in [6.45, 7) is 8.18. The van der Waals surface area contributed by atoms with Gasteiger partial charge in [-0.3, -0.25) is 9.69 Å². The molecule has 2 aromatic carbocycles. The summed E-state index contributed by atoms with van der Waals surface area (Å²) in [4.78, 5) is 15.3. The molecule has 1 amide bonds. The van der Waals surface area contributed by atoms with E-state index < -0.39 is 15.9 Å². The lowest BCUT2D eigenvalue weighted by atomic mass is 10.1. The summed E-state index contributed by atoms with van der Waals surface area (Å²) in [5, 5.41) is 2.86. The second-order valence-electron chi connectivity index (χ2n) is 7.13. The van der Waals surface area contributed by atoms with Crippen LogP contribution in [0.15, 0.2) is 53.4 Å². The zero-order valence-corrected chi connectivity index (χ0v) is 18.3. The molecule has 1 aliphatic heterocycles. The number of carbonyl (C=O) groups excluding carboxylic acids is 1. The first kappa shape index (κ1) is 22.4. The minimum Gasteiger partial charge on any atom is -0.379 e. The summed E-state index contributed by atoms with van der Waals surface area (Å²) >= 11 is 0. The van der Waals surface area contributed by atoms with Gasteiger partial charge in [0.2, 0.25) is 10.0 Å². The molecule has 0 aliphatic carbocycles. The van der Waals surface area contributed by atoms with E-state index >= 15 is 0 Å². The number of rotatable bonds is 8. The minimum atomic E-state index is -3.78. The molecule has 0 unspecified atom stereocenters. The number of anilines is 1. The lowest BCUT2D eigenvalue weighted by molar-refractivity contribution is 0.0730. The van der Waals surface area contributed by atoms with Crippen LogP contribution in [0.4, 0.5) is 5.69 Å². The lowest BCUT2D eigenvalue weighted by Crippen LogP contribution is -2.41. The van der Waals surface area contributed by atoms with Crippen molar-refractivity contribution in [1.82, 2.24) is 9.21 Å². The van der Waals surface area contributed by atoms with Gasteiger partial charge in [0.25, 0.3) is 5.91 Å². The van der Waals surface area contributed by atoms with E-state index in [4.69, 9.17) is 4.74 Å². The van der Waals surface area contributed by atoms with Gasteiger partial charge in [-0.2, -0.15) is 4.31 Å². The molecular weight excluding hydrogens is 402 g/mol. The van der Waals surface area contributed by atoms with E-state index in [1.54, 1.807) is 18.2 Å². The van der Waals surface area contributed by atoms with Crippen molar-refractivity contribution in [3.63, 3.8) is 0 Å². The van der Waals surface area contributed by atoms with Crippen LogP contribution in [0.2, 0.25) is 0 Å². The number of hydrogen-bond acceptors (Lipinski definition) is 5. The number of nitrogens with zero attached hydrogens (tertiary/aromatic N) is 2. The quantitative estimate of drug-likeness (QED) is 0.695. The highest BCUT2D eigenvalue weighted by Gasteiger charge is 2.30. The van der Waals surface area contributed by atoms with Crippen LogP contribution in [-0.4, -0.2) is 62.9 Å². The first-order valence-corrected chi connectivity index (χ1v) is 11.7. The third-order valence-electron chi connectivity index (χ3n) is 5.21. The second-order valence-corrected chi connectivity index (χ2v) is 9.03. The van der Waals surface area contributed by atoms with E-state index in [2.05, 4.69) is 24.1 Å². The zero-order valence-electron chi connectivity index (χ0n) is 17.5. The van der Waals surface area contributed by atoms with Gasteiger partial charge in [-0.1, -0.05) is 38.1 Å². The fraction of sp³-hybridized carbons (Fsp3) is 0.409. The van der Waals surface area contributed by atoms with Gasteiger partial charge in [0, 0.05) is 25.3 Å². The van der Waals surface area contributed by atoms with Crippen molar-refractivity contribution in [2.75, 3.05) is 44.7 Å². The van der Waals surface area contributed by atoms with Crippen molar-refractivity contribution in [2.45, 2.75) is 25.3 Å². The van der Waals surface area contributed by atoms with E-state index in [9.17, 15) is 13.2 Å². The SMILES string of the molecule is CCN(CC)Cc1cccc(NC(=O)c2ccccc2S(=O)(=O)N2CCOCC2)c1. The molecule has 1 saturated heterocycles. The van der Waals surface area contributed by atoms with E-state index in [0.29, 0.717) is 18.9 Å². The summed E-state index contributed by atoms with van der Waals surface area (Å²) in [6, 6.07) is 14.0. The monoisotopic (exact) mass is 431 g/mol. The molecule has 0 aromatic heterocycles. The Bertz CT molecular complexity index is 968. The summed E-state index contributed by atoms with van der Waals surface area (Å²) in [5.74, 6) is -0.442. The molecule has 162 valence electrons. The molecule has 0 radical (unpaired) electrons. The van der Waals surface area contributed by atoms with Gasteiger partial charge in [-0.05, 0) is 42.9 Å². The highest BCUT2D eigenvalue weighted by molar-refractivity contribution is 7.89. The highest BCUT2D eigenvalue weighted by Crippen LogP contribution is 2.23. The zero-order chi connectivity index (χ0) is 21.6. The fourth-order valence-corrected chi connectivity index (χ4v) is 5.05. The van der Waals surface area contributed by atoms with Crippen LogP contribution in [0, 0.1) is 0 Å². The number of sulfonamides is 1. The number of benzene rings is 2. The van der Waals surface area contributed by atoms with Crippen LogP contribution in [0.25, 0.3) is 0 Å². The highest BCUT2D eigenvalue weighted by atomic mass is 32.2. The second kappa shape index (κ2) is 10.2. The van der Waals surface area contributed by atoms with Gasteiger partial charge >= 0.3 is 0 Å². The third-order valence-corrected chi connectivity index (χ3v) is 7.16. The molecule has 1 heterocycles. The Balaban J connectivity index is 1.82. The number of ether oxygens (including phenoxy) is 1. The standard InChI is InChI=1S/C22H29N3O4S/c1-3-24(4-2)17-18-8-7-9-19(16-18)23-22(26)20-10-5-6-11-21(20)30(27,28)25-12-14-29-15-13-25/h5-11,16H,3-4,12-15,17H2,1-2H3,(H,23,26). The van der Waals surface area contributed by atoms with Crippen LogP contribution in [0.3, 0.4) is 0 Å². The maximum Gasteiger partial charge on any atom is 0.257 e. The van der Waals surface area contributed by atoms with Gasteiger partial charge in [0.1, 0.15) is 0 Å². The first-order chi connectivity index (χ1) is 14.5. The Morgan fingerprint density at radius 2 is 1.77 bits per heavy atom. The molecule has 1 fully saturated rings. The number of amides is 1. The average Bonchev–Trinajstić information content (AvgIpc) is 2.78. The molecule has 1 N–H and O–H groups in total. The smallest absolute Gasteiger partial charge is 0.257 e. The van der Waals surface area contributed by atoms with Crippen molar-refractivity contribution in [1.29, 1.82) is 0 Å². The molecular formula is C22H29N3O4S. The summed E-state index contributed by atoms with van der Waals surface area (Å²) < 4.78 is 32.8. The molecule has 7 nitrogen and oxygen atoms in total. The molecule has 3 rings (SSSR count). The normalized spacial score (nSPS) is 15.3. The van der Waals surface area contributed by atoms with Crippen molar-refractivity contribution < 1.29 is 17.9 Å². The van der Waals surface area contributed by atoms with Crippen molar-refractivity contribution in [3.05, 3.63) is 59.7 Å². The topological polar surface area (TPSA) is 79.0 Å². The predicted octanol–water partition coefficient (Wildman–Crippen LogP) is 2.80. The maximum atomic E-state index is 13.1. The summed E-state index contributed by atoms with van der Waals surface area (Å²) in [6.07, 6.45) is 0. The van der Waals surface area contributed by atoms with E-state index in [1.807, 2.05) is 24.3 Å². The molecule has 0 spiro atoms. The first-order valence-electron chi connectivity index (χ1n) is 10.2. The van der Waals surface area contributed by atoms with Gasteiger partial charge in [0.05, 0.1) is 23.7 Å². The average molecular weight is 432 g/mol. The number of morpholine rings is 1. The number of hydrogen-bond donors (Lipinski definition) is 1. The fourth-order valence-electron chi connectivity index (χ4n) is 3.46. The van der Waals surface area contributed by atoms with E-state index in [0.717, 1.165) is 25.2 Å². The Kier molecular flexibility index (Phi) is 7.60. The Morgan fingerprint density at radius 1 is 1.07 bits per heavy atom. The number of carbonyl (C=O) groups is 1. The van der Waals surface area contributed by atoms with Crippen molar-refractivity contribution in [3.8, 4) is 0 Å². The summed E-state index contributed by atoms with van der Waals surface area (Å²) in [5.41, 5.74) is 1.87.